The SMILES string of the molecule is Cc1ccoc1C(=O)NCCCNC(=O)c1coc(CN)c1. The molecule has 2 rings (SSSR count). The van der Waals surface area contributed by atoms with Crippen molar-refractivity contribution >= 4 is 11.8 Å². The summed E-state index contributed by atoms with van der Waals surface area (Å²) < 4.78 is 10.2. The number of carbonyl (C=O) groups excluding carboxylic acids is 2. The molecule has 0 radical (unpaired) electrons. The minimum absolute atomic E-state index is 0.225. The van der Waals surface area contributed by atoms with E-state index >= 15 is 0 Å². The van der Waals surface area contributed by atoms with Gasteiger partial charge >= 0.3 is 0 Å². The first-order valence-corrected chi connectivity index (χ1v) is 6.99. The highest BCUT2D eigenvalue weighted by Crippen LogP contribution is 2.08. The van der Waals surface area contributed by atoms with Crippen molar-refractivity contribution in [3.8, 4) is 0 Å². The summed E-state index contributed by atoms with van der Waals surface area (Å²) >= 11 is 0. The van der Waals surface area contributed by atoms with Crippen molar-refractivity contribution in [1.29, 1.82) is 0 Å². The van der Waals surface area contributed by atoms with Gasteiger partial charge in [0.2, 0.25) is 0 Å². The molecule has 7 heteroatoms. The lowest BCUT2D eigenvalue weighted by Gasteiger charge is -2.05. The number of nitrogens with one attached hydrogen (secondary N) is 2. The Morgan fingerprint density at radius 1 is 1.18 bits per heavy atom. The number of hydrogen-bond donors (Lipinski definition) is 3. The van der Waals surface area contributed by atoms with Crippen LogP contribution in [0.5, 0.6) is 0 Å². The molecule has 0 atom stereocenters. The first kappa shape index (κ1) is 15.8. The number of hydrogen-bond acceptors (Lipinski definition) is 5. The molecule has 2 aromatic heterocycles. The first-order valence-electron chi connectivity index (χ1n) is 6.99. The molecule has 2 amide bonds. The predicted octanol–water partition coefficient (Wildman–Crippen LogP) is 1.19. The predicted molar refractivity (Wildman–Crippen MR) is 79.3 cm³/mol. The molecule has 22 heavy (non-hydrogen) atoms. The summed E-state index contributed by atoms with van der Waals surface area (Å²) in [7, 11) is 0. The van der Waals surface area contributed by atoms with Crippen LogP contribution in [-0.4, -0.2) is 24.9 Å². The van der Waals surface area contributed by atoms with E-state index in [2.05, 4.69) is 10.6 Å². The Kier molecular flexibility index (Phi) is 5.37. The van der Waals surface area contributed by atoms with Gasteiger partial charge in [-0.25, -0.2) is 0 Å². The maximum Gasteiger partial charge on any atom is 0.287 e. The number of amides is 2. The van der Waals surface area contributed by atoms with Crippen molar-refractivity contribution in [3.05, 3.63) is 47.3 Å². The number of rotatable bonds is 7. The van der Waals surface area contributed by atoms with E-state index in [1.54, 1.807) is 19.1 Å². The zero-order valence-electron chi connectivity index (χ0n) is 12.3. The topological polar surface area (TPSA) is 110 Å². The fourth-order valence-electron chi connectivity index (χ4n) is 1.89. The highest BCUT2D eigenvalue weighted by molar-refractivity contribution is 5.94. The third-order valence-corrected chi connectivity index (χ3v) is 3.11. The number of carbonyl (C=O) groups is 2. The van der Waals surface area contributed by atoms with Gasteiger partial charge in [-0.05, 0) is 25.5 Å². The second-order valence-electron chi connectivity index (χ2n) is 4.80. The van der Waals surface area contributed by atoms with Gasteiger partial charge in [-0.3, -0.25) is 9.59 Å². The highest BCUT2D eigenvalue weighted by Gasteiger charge is 2.12. The Labute approximate surface area is 127 Å². The van der Waals surface area contributed by atoms with Crippen LogP contribution in [-0.2, 0) is 6.54 Å². The standard InChI is InChI=1S/C15H19N3O4/c1-10-3-6-21-13(10)15(20)18-5-2-4-17-14(19)11-7-12(8-16)22-9-11/h3,6-7,9H,2,4-5,8,16H2,1H3,(H,17,19)(H,18,20). The van der Waals surface area contributed by atoms with E-state index < -0.39 is 0 Å². The fraction of sp³-hybridized carbons (Fsp3) is 0.333. The molecule has 2 heterocycles. The Morgan fingerprint density at radius 2 is 1.91 bits per heavy atom. The molecule has 0 aliphatic rings. The molecular formula is C15H19N3O4. The van der Waals surface area contributed by atoms with Crippen LogP contribution in [0.4, 0.5) is 0 Å². The van der Waals surface area contributed by atoms with E-state index in [1.807, 2.05) is 0 Å². The summed E-state index contributed by atoms with van der Waals surface area (Å²) in [5, 5.41) is 5.48. The second kappa shape index (κ2) is 7.46. The van der Waals surface area contributed by atoms with Gasteiger partial charge in [0, 0.05) is 18.7 Å². The minimum Gasteiger partial charge on any atom is -0.467 e. The Bertz CT molecular complexity index is 645. The molecular weight excluding hydrogens is 286 g/mol. The fourth-order valence-corrected chi connectivity index (χ4v) is 1.89. The quantitative estimate of drug-likeness (QED) is 0.665. The van der Waals surface area contributed by atoms with Crippen LogP contribution < -0.4 is 16.4 Å². The van der Waals surface area contributed by atoms with Crippen LogP contribution in [0, 0.1) is 6.92 Å². The summed E-state index contributed by atoms with van der Waals surface area (Å²) in [6.07, 6.45) is 3.46. The van der Waals surface area contributed by atoms with E-state index in [1.165, 1.54) is 12.5 Å². The second-order valence-corrected chi connectivity index (χ2v) is 4.80. The summed E-state index contributed by atoms with van der Waals surface area (Å²) in [6, 6.07) is 3.34. The highest BCUT2D eigenvalue weighted by atomic mass is 16.3. The molecule has 4 N–H and O–H groups in total. The maximum absolute atomic E-state index is 11.8. The lowest BCUT2D eigenvalue weighted by atomic mass is 10.2. The van der Waals surface area contributed by atoms with Gasteiger partial charge < -0.3 is 25.2 Å². The minimum atomic E-state index is -0.253. The van der Waals surface area contributed by atoms with E-state index in [-0.39, 0.29) is 18.4 Å². The average Bonchev–Trinajstić information content (AvgIpc) is 3.15. The Hall–Kier alpha value is -2.54. The molecule has 0 aromatic carbocycles. The zero-order chi connectivity index (χ0) is 15.9. The van der Waals surface area contributed by atoms with Crippen molar-refractivity contribution in [3.63, 3.8) is 0 Å². The van der Waals surface area contributed by atoms with Gasteiger partial charge in [0.05, 0.1) is 18.4 Å². The molecule has 7 nitrogen and oxygen atoms in total. The maximum atomic E-state index is 11.8. The summed E-state index contributed by atoms with van der Waals surface area (Å²) in [4.78, 5) is 23.6. The number of aryl methyl sites for hydroxylation is 1. The van der Waals surface area contributed by atoms with Crippen molar-refractivity contribution in [2.75, 3.05) is 13.1 Å². The molecule has 2 aromatic rings. The van der Waals surface area contributed by atoms with E-state index in [9.17, 15) is 9.59 Å². The van der Waals surface area contributed by atoms with Gasteiger partial charge in [0.25, 0.3) is 11.8 Å². The van der Waals surface area contributed by atoms with Crippen LogP contribution in [0.2, 0.25) is 0 Å². The molecule has 0 aliphatic heterocycles. The summed E-state index contributed by atoms with van der Waals surface area (Å²) in [6.45, 7) is 2.95. The largest absolute Gasteiger partial charge is 0.467 e. The van der Waals surface area contributed by atoms with Gasteiger partial charge in [-0.15, -0.1) is 0 Å². The smallest absolute Gasteiger partial charge is 0.287 e. The van der Waals surface area contributed by atoms with Gasteiger partial charge in [-0.1, -0.05) is 0 Å². The molecule has 0 spiro atoms. The Balaban J connectivity index is 1.66. The Morgan fingerprint density at radius 3 is 2.50 bits per heavy atom. The summed E-state index contributed by atoms with van der Waals surface area (Å²) in [5.74, 6) is 0.399. The first-order chi connectivity index (χ1) is 10.6. The van der Waals surface area contributed by atoms with Gasteiger partial charge in [-0.2, -0.15) is 0 Å². The normalized spacial score (nSPS) is 10.5. The molecule has 0 fully saturated rings. The van der Waals surface area contributed by atoms with E-state index in [0.717, 1.165) is 5.56 Å². The van der Waals surface area contributed by atoms with Crippen molar-refractivity contribution < 1.29 is 18.4 Å². The summed E-state index contributed by atoms with van der Waals surface area (Å²) in [5.41, 5.74) is 6.64. The molecule has 0 aliphatic carbocycles. The lowest BCUT2D eigenvalue weighted by Crippen LogP contribution is -2.29. The van der Waals surface area contributed by atoms with Crippen LogP contribution in [0.3, 0.4) is 0 Å². The van der Waals surface area contributed by atoms with E-state index in [4.69, 9.17) is 14.6 Å². The molecule has 0 unspecified atom stereocenters. The third-order valence-electron chi connectivity index (χ3n) is 3.11. The van der Waals surface area contributed by atoms with Gasteiger partial charge in [0.15, 0.2) is 5.76 Å². The van der Waals surface area contributed by atoms with Crippen LogP contribution in [0.15, 0.2) is 33.5 Å². The third kappa shape index (κ3) is 3.98. The van der Waals surface area contributed by atoms with Crippen LogP contribution in [0.1, 0.15) is 38.7 Å². The average molecular weight is 305 g/mol. The lowest BCUT2D eigenvalue weighted by molar-refractivity contribution is 0.0924. The van der Waals surface area contributed by atoms with Gasteiger partial charge in [0.1, 0.15) is 12.0 Å². The van der Waals surface area contributed by atoms with E-state index in [0.29, 0.717) is 36.6 Å². The monoisotopic (exact) mass is 305 g/mol. The molecule has 0 saturated carbocycles. The zero-order valence-corrected chi connectivity index (χ0v) is 12.3. The number of nitrogens with two attached hydrogens (primary N) is 1. The number of furan rings is 2. The van der Waals surface area contributed by atoms with Crippen molar-refractivity contribution in [2.24, 2.45) is 5.73 Å². The molecule has 118 valence electrons. The van der Waals surface area contributed by atoms with Crippen molar-refractivity contribution in [2.45, 2.75) is 19.9 Å². The molecule has 0 bridgehead atoms. The van der Waals surface area contributed by atoms with Crippen LogP contribution in [0.25, 0.3) is 0 Å². The van der Waals surface area contributed by atoms with Crippen LogP contribution >= 0.6 is 0 Å². The molecule has 0 saturated heterocycles. The van der Waals surface area contributed by atoms with Crippen molar-refractivity contribution in [1.82, 2.24) is 10.6 Å².